The summed E-state index contributed by atoms with van der Waals surface area (Å²) in [5, 5.41) is 7.35. The van der Waals surface area contributed by atoms with E-state index in [9.17, 15) is 18.0 Å². The SMILES string of the molecule is O=C(CNC(=O)C1CCN(S(=O)(=O)c2ccccc2)CC1)NCc1cccs1. The fourth-order valence-corrected chi connectivity index (χ4v) is 5.21. The fraction of sp³-hybridized carbons (Fsp3) is 0.368. The largest absolute Gasteiger partial charge is 0.350 e. The van der Waals surface area contributed by atoms with Gasteiger partial charge in [-0.3, -0.25) is 9.59 Å². The van der Waals surface area contributed by atoms with Crippen LogP contribution in [0.2, 0.25) is 0 Å². The van der Waals surface area contributed by atoms with Crippen LogP contribution in [0.4, 0.5) is 0 Å². The minimum Gasteiger partial charge on any atom is -0.350 e. The molecular weight excluding hydrogens is 398 g/mol. The lowest BCUT2D eigenvalue weighted by molar-refractivity contribution is -0.129. The lowest BCUT2D eigenvalue weighted by Crippen LogP contribution is -2.45. The quantitative estimate of drug-likeness (QED) is 0.710. The second-order valence-corrected chi connectivity index (χ2v) is 9.54. The first-order chi connectivity index (χ1) is 13.5. The van der Waals surface area contributed by atoms with E-state index in [1.807, 2.05) is 17.5 Å². The summed E-state index contributed by atoms with van der Waals surface area (Å²) < 4.78 is 26.7. The summed E-state index contributed by atoms with van der Waals surface area (Å²) in [6.45, 7) is 0.953. The van der Waals surface area contributed by atoms with Gasteiger partial charge in [0.15, 0.2) is 0 Å². The Bertz CT molecular complexity index is 891. The summed E-state index contributed by atoms with van der Waals surface area (Å²) in [6, 6.07) is 12.1. The molecule has 0 aliphatic carbocycles. The number of benzene rings is 1. The van der Waals surface area contributed by atoms with Gasteiger partial charge in [-0.2, -0.15) is 4.31 Å². The number of hydrogen-bond donors (Lipinski definition) is 2. The Balaban J connectivity index is 1.43. The number of thiophene rings is 1. The highest BCUT2D eigenvalue weighted by Crippen LogP contribution is 2.23. The molecule has 1 aliphatic rings. The third kappa shape index (κ3) is 5.18. The molecule has 0 bridgehead atoms. The number of rotatable bonds is 7. The van der Waals surface area contributed by atoms with Crippen LogP contribution < -0.4 is 10.6 Å². The molecule has 28 heavy (non-hydrogen) atoms. The van der Waals surface area contributed by atoms with Crippen LogP contribution in [-0.2, 0) is 26.2 Å². The molecule has 1 saturated heterocycles. The van der Waals surface area contributed by atoms with Crippen molar-refractivity contribution in [2.45, 2.75) is 24.3 Å². The number of carbonyl (C=O) groups is 2. The second-order valence-electron chi connectivity index (χ2n) is 6.57. The third-order valence-electron chi connectivity index (χ3n) is 4.67. The molecule has 2 aromatic rings. The van der Waals surface area contributed by atoms with E-state index in [2.05, 4.69) is 10.6 Å². The molecule has 0 saturated carbocycles. The Morgan fingerprint density at radius 2 is 1.75 bits per heavy atom. The van der Waals surface area contributed by atoms with E-state index in [1.165, 1.54) is 4.31 Å². The smallest absolute Gasteiger partial charge is 0.243 e. The lowest BCUT2D eigenvalue weighted by atomic mass is 9.97. The zero-order chi connectivity index (χ0) is 20.0. The standard InChI is InChI=1S/C19H23N3O4S2/c23-18(20-13-16-5-4-12-27-16)14-21-19(24)15-8-10-22(11-9-15)28(25,26)17-6-2-1-3-7-17/h1-7,12,15H,8-11,13-14H2,(H,20,23)(H,21,24). The molecule has 1 fully saturated rings. The van der Waals surface area contributed by atoms with Crippen molar-refractivity contribution in [1.82, 2.24) is 14.9 Å². The molecule has 2 heterocycles. The van der Waals surface area contributed by atoms with Gasteiger partial charge in [-0.25, -0.2) is 8.42 Å². The van der Waals surface area contributed by atoms with Gasteiger partial charge < -0.3 is 10.6 Å². The van der Waals surface area contributed by atoms with E-state index >= 15 is 0 Å². The lowest BCUT2D eigenvalue weighted by Gasteiger charge is -2.30. The molecule has 7 nitrogen and oxygen atoms in total. The van der Waals surface area contributed by atoms with Crippen LogP contribution in [0.1, 0.15) is 17.7 Å². The van der Waals surface area contributed by atoms with Crippen LogP contribution in [-0.4, -0.2) is 44.2 Å². The molecule has 0 spiro atoms. The maximum atomic E-state index is 12.6. The van der Waals surface area contributed by atoms with Gasteiger partial charge in [0, 0.05) is 23.9 Å². The number of hydrogen-bond acceptors (Lipinski definition) is 5. The van der Waals surface area contributed by atoms with Gasteiger partial charge in [-0.05, 0) is 36.4 Å². The molecule has 0 atom stereocenters. The summed E-state index contributed by atoms with van der Waals surface area (Å²) in [4.78, 5) is 25.5. The predicted molar refractivity (Wildman–Crippen MR) is 107 cm³/mol. The van der Waals surface area contributed by atoms with E-state index in [4.69, 9.17) is 0 Å². The number of nitrogens with zero attached hydrogens (tertiary/aromatic N) is 1. The number of carbonyl (C=O) groups excluding carboxylic acids is 2. The van der Waals surface area contributed by atoms with Crippen LogP contribution in [0.5, 0.6) is 0 Å². The molecule has 1 aromatic heterocycles. The van der Waals surface area contributed by atoms with Gasteiger partial charge in [0.2, 0.25) is 21.8 Å². The first-order valence-electron chi connectivity index (χ1n) is 9.09. The minimum absolute atomic E-state index is 0.0766. The monoisotopic (exact) mass is 421 g/mol. The Morgan fingerprint density at radius 3 is 2.39 bits per heavy atom. The Labute approximate surface area is 168 Å². The van der Waals surface area contributed by atoms with Crippen molar-refractivity contribution < 1.29 is 18.0 Å². The molecule has 3 rings (SSSR count). The van der Waals surface area contributed by atoms with E-state index in [1.54, 1.807) is 41.7 Å². The highest BCUT2D eigenvalue weighted by Gasteiger charge is 2.32. The van der Waals surface area contributed by atoms with E-state index in [-0.39, 0.29) is 29.2 Å². The van der Waals surface area contributed by atoms with Crippen LogP contribution >= 0.6 is 11.3 Å². The molecule has 1 aliphatic heterocycles. The Kier molecular flexibility index (Phi) is 6.82. The van der Waals surface area contributed by atoms with Gasteiger partial charge in [-0.15, -0.1) is 11.3 Å². The van der Waals surface area contributed by atoms with Crippen molar-refractivity contribution in [2.75, 3.05) is 19.6 Å². The number of piperidine rings is 1. The zero-order valence-electron chi connectivity index (χ0n) is 15.3. The Morgan fingerprint density at radius 1 is 1.04 bits per heavy atom. The van der Waals surface area contributed by atoms with Crippen molar-refractivity contribution in [2.24, 2.45) is 5.92 Å². The zero-order valence-corrected chi connectivity index (χ0v) is 17.0. The van der Waals surface area contributed by atoms with E-state index in [0.29, 0.717) is 32.5 Å². The van der Waals surface area contributed by atoms with Crippen molar-refractivity contribution in [3.63, 3.8) is 0 Å². The summed E-state index contributed by atoms with van der Waals surface area (Å²) in [5.41, 5.74) is 0. The maximum absolute atomic E-state index is 12.6. The number of sulfonamides is 1. The first kappa shape index (κ1) is 20.5. The summed E-state index contributed by atoms with van der Waals surface area (Å²) in [7, 11) is -3.53. The normalized spacial score (nSPS) is 15.9. The summed E-state index contributed by atoms with van der Waals surface area (Å²) >= 11 is 1.56. The summed E-state index contributed by atoms with van der Waals surface area (Å²) in [6.07, 6.45) is 0.878. The first-order valence-corrected chi connectivity index (χ1v) is 11.4. The minimum atomic E-state index is -3.53. The summed E-state index contributed by atoms with van der Waals surface area (Å²) in [5.74, 6) is -0.735. The number of amides is 2. The third-order valence-corrected chi connectivity index (χ3v) is 7.46. The van der Waals surface area contributed by atoms with E-state index in [0.717, 1.165) is 4.88 Å². The Hall–Kier alpha value is -2.23. The van der Waals surface area contributed by atoms with Crippen molar-refractivity contribution in [3.05, 3.63) is 52.7 Å². The van der Waals surface area contributed by atoms with Crippen molar-refractivity contribution in [1.29, 1.82) is 0 Å². The molecule has 2 amide bonds. The molecule has 2 N–H and O–H groups in total. The van der Waals surface area contributed by atoms with Gasteiger partial charge in [0.1, 0.15) is 0 Å². The average Bonchev–Trinajstić information content (AvgIpc) is 3.25. The second kappa shape index (κ2) is 9.31. The van der Waals surface area contributed by atoms with Crippen LogP contribution in [0.15, 0.2) is 52.7 Å². The van der Waals surface area contributed by atoms with Crippen LogP contribution in [0.3, 0.4) is 0 Å². The van der Waals surface area contributed by atoms with Crippen LogP contribution in [0, 0.1) is 5.92 Å². The van der Waals surface area contributed by atoms with Crippen molar-refractivity contribution >= 4 is 33.2 Å². The highest BCUT2D eigenvalue weighted by molar-refractivity contribution is 7.89. The van der Waals surface area contributed by atoms with Gasteiger partial charge in [-0.1, -0.05) is 24.3 Å². The van der Waals surface area contributed by atoms with Crippen LogP contribution in [0.25, 0.3) is 0 Å². The molecule has 1 aromatic carbocycles. The van der Waals surface area contributed by atoms with E-state index < -0.39 is 10.0 Å². The number of nitrogens with one attached hydrogen (secondary N) is 2. The van der Waals surface area contributed by atoms with Gasteiger partial charge in [0.05, 0.1) is 18.0 Å². The van der Waals surface area contributed by atoms with Crippen molar-refractivity contribution in [3.8, 4) is 0 Å². The molecule has 9 heteroatoms. The predicted octanol–water partition coefficient (Wildman–Crippen LogP) is 1.58. The van der Waals surface area contributed by atoms with Gasteiger partial charge in [0.25, 0.3) is 0 Å². The highest BCUT2D eigenvalue weighted by atomic mass is 32.2. The molecule has 0 radical (unpaired) electrons. The van der Waals surface area contributed by atoms with Gasteiger partial charge >= 0.3 is 0 Å². The molecular formula is C19H23N3O4S2. The average molecular weight is 422 g/mol. The fourth-order valence-electron chi connectivity index (χ4n) is 3.07. The maximum Gasteiger partial charge on any atom is 0.243 e. The molecule has 0 unspecified atom stereocenters. The topological polar surface area (TPSA) is 95.6 Å². The molecule has 150 valence electrons.